The molecule has 0 atom stereocenters. The maximum atomic E-state index is 12.6. The van der Waals surface area contributed by atoms with Crippen LogP contribution in [0.2, 0.25) is 0 Å². The van der Waals surface area contributed by atoms with Crippen molar-refractivity contribution in [3.8, 4) is 5.75 Å². The van der Waals surface area contributed by atoms with Crippen LogP contribution in [0.4, 0.5) is 5.69 Å². The number of carbonyl (C=O) groups is 1. The summed E-state index contributed by atoms with van der Waals surface area (Å²) >= 11 is 0. The van der Waals surface area contributed by atoms with E-state index in [1.54, 1.807) is 7.11 Å². The molecule has 2 aromatic rings. The highest BCUT2D eigenvalue weighted by molar-refractivity contribution is 5.99. The van der Waals surface area contributed by atoms with Crippen molar-refractivity contribution in [3.63, 3.8) is 0 Å². The molecule has 0 amide bonds. The monoisotopic (exact) mass is 338 g/mol. The zero-order valence-corrected chi connectivity index (χ0v) is 15.3. The Morgan fingerprint density at radius 2 is 1.68 bits per heavy atom. The Balaban J connectivity index is 1.57. The first-order valence-corrected chi connectivity index (χ1v) is 8.78. The fraction of sp³-hybridized carbons (Fsp3) is 0.381. The molecule has 132 valence electrons. The number of ketones is 1. The first-order valence-electron chi connectivity index (χ1n) is 8.78. The molecule has 0 saturated carbocycles. The van der Waals surface area contributed by atoms with Crippen LogP contribution in [0.15, 0.2) is 42.5 Å². The summed E-state index contributed by atoms with van der Waals surface area (Å²) in [5, 5.41) is 0. The Bertz CT molecular complexity index is 732. The lowest BCUT2D eigenvalue weighted by atomic mass is 10.0. The number of piperazine rings is 1. The summed E-state index contributed by atoms with van der Waals surface area (Å²) in [4.78, 5) is 17.3. The van der Waals surface area contributed by atoms with E-state index in [1.807, 2.05) is 38.1 Å². The number of ether oxygens (including phenoxy) is 1. The van der Waals surface area contributed by atoms with Crippen LogP contribution in [0.25, 0.3) is 0 Å². The molecule has 1 aliphatic rings. The van der Waals surface area contributed by atoms with Crippen molar-refractivity contribution >= 4 is 11.5 Å². The molecule has 1 heterocycles. The maximum absolute atomic E-state index is 12.6. The van der Waals surface area contributed by atoms with Gasteiger partial charge in [0.2, 0.25) is 0 Å². The number of rotatable bonds is 5. The Labute approximate surface area is 150 Å². The third-order valence-corrected chi connectivity index (χ3v) is 4.87. The molecular weight excluding hydrogens is 312 g/mol. The van der Waals surface area contributed by atoms with Gasteiger partial charge in [-0.05, 0) is 49.7 Å². The minimum Gasteiger partial charge on any atom is -0.497 e. The van der Waals surface area contributed by atoms with Crippen molar-refractivity contribution in [1.82, 2.24) is 4.90 Å². The molecule has 0 aliphatic carbocycles. The fourth-order valence-corrected chi connectivity index (χ4v) is 3.28. The molecular formula is C21H26N2O2. The third-order valence-electron chi connectivity index (χ3n) is 4.87. The summed E-state index contributed by atoms with van der Waals surface area (Å²) in [5.41, 5.74) is 4.27. The second-order valence-electron chi connectivity index (χ2n) is 6.70. The van der Waals surface area contributed by atoms with Crippen molar-refractivity contribution in [2.45, 2.75) is 13.8 Å². The molecule has 0 unspecified atom stereocenters. The van der Waals surface area contributed by atoms with Crippen LogP contribution < -0.4 is 9.64 Å². The average molecular weight is 338 g/mol. The van der Waals surface area contributed by atoms with Gasteiger partial charge in [-0.25, -0.2) is 0 Å². The largest absolute Gasteiger partial charge is 0.497 e. The first-order chi connectivity index (χ1) is 12.1. The molecule has 0 N–H and O–H groups in total. The maximum Gasteiger partial charge on any atom is 0.177 e. The van der Waals surface area contributed by atoms with Gasteiger partial charge in [-0.15, -0.1) is 0 Å². The smallest absolute Gasteiger partial charge is 0.177 e. The Kier molecular flexibility index (Phi) is 5.39. The number of hydrogen-bond donors (Lipinski definition) is 0. The molecule has 0 radical (unpaired) electrons. The topological polar surface area (TPSA) is 32.8 Å². The predicted molar refractivity (Wildman–Crippen MR) is 102 cm³/mol. The van der Waals surface area contributed by atoms with Gasteiger partial charge in [0, 0.05) is 37.4 Å². The fourth-order valence-electron chi connectivity index (χ4n) is 3.28. The summed E-state index contributed by atoms with van der Waals surface area (Å²) in [6, 6.07) is 14.3. The number of Topliss-reactive ketones (excluding diaryl/α,β-unsaturated/α-hetero) is 1. The van der Waals surface area contributed by atoms with Crippen LogP contribution in [-0.4, -0.2) is 50.5 Å². The molecule has 1 fully saturated rings. The van der Waals surface area contributed by atoms with Gasteiger partial charge in [-0.3, -0.25) is 9.69 Å². The predicted octanol–water partition coefficient (Wildman–Crippen LogP) is 3.32. The molecule has 4 nitrogen and oxygen atoms in total. The SMILES string of the molecule is COc1ccc(N2CCN(CC(=O)c3cc(C)ccc3C)CC2)cc1. The normalized spacial score (nSPS) is 15.2. The quantitative estimate of drug-likeness (QED) is 0.783. The molecule has 1 aliphatic heterocycles. The molecule has 25 heavy (non-hydrogen) atoms. The van der Waals surface area contributed by atoms with E-state index < -0.39 is 0 Å². The van der Waals surface area contributed by atoms with E-state index >= 15 is 0 Å². The summed E-state index contributed by atoms with van der Waals surface area (Å²) in [6.45, 7) is 8.23. The second-order valence-corrected chi connectivity index (χ2v) is 6.70. The molecule has 1 saturated heterocycles. The minimum atomic E-state index is 0.221. The number of hydrogen-bond acceptors (Lipinski definition) is 4. The number of anilines is 1. The minimum absolute atomic E-state index is 0.221. The van der Waals surface area contributed by atoms with Crippen molar-refractivity contribution in [1.29, 1.82) is 0 Å². The molecule has 4 heteroatoms. The summed E-state index contributed by atoms with van der Waals surface area (Å²) < 4.78 is 5.21. The van der Waals surface area contributed by atoms with E-state index in [4.69, 9.17) is 4.74 Å². The number of benzene rings is 2. The van der Waals surface area contributed by atoms with Crippen LogP contribution in [-0.2, 0) is 0 Å². The van der Waals surface area contributed by atoms with Crippen LogP contribution in [0.1, 0.15) is 21.5 Å². The van der Waals surface area contributed by atoms with Crippen molar-refractivity contribution < 1.29 is 9.53 Å². The van der Waals surface area contributed by atoms with Gasteiger partial charge in [0.1, 0.15) is 5.75 Å². The van der Waals surface area contributed by atoms with Crippen molar-refractivity contribution in [2.24, 2.45) is 0 Å². The standard InChI is InChI=1S/C21H26N2O2/c1-16-4-5-17(2)20(14-16)21(24)15-22-10-12-23(13-11-22)18-6-8-19(25-3)9-7-18/h4-9,14H,10-13,15H2,1-3H3. The summed E-state index contributed by atoms with van der Waals surface area (Å²) in [7, 11) is 1.68. The Hall–Kier alpha value is -2.33. The third kappa shape index (κ3) is 4.20. The van der Waals surface area contributed by atoms with Crippen LogP contribution in [0.5, 0.6) is 5.75 Å². The van der Waals surface area contributed by atoms with Gasteiger partial charge >= 0.3 is 0 Å². The van der Waals surface area contributed by atoms with Crippen molar-refractivity contribution in [2.75, 3.05) is 44.7 Å². The Morgan fingerprint density at radius 3 is 2.32 bits per heavy atom. The lowest BCUT2D eigenvalue weighted by Crippen LogP contribution is -2.48. The first kappa shape index (κ1) is 17.5. The number of aryl methyl sites for hydroxylation is 2. The lowest BCUT2D eigenvalue weighted by Gasteiger charge is -2.35. The van der Waals surface area contributed by atoms with Gasteiger partial charge in [0.15, 0.2) is 5.78 Å². The van der Waals surface area contributed by atoms with E-state index in [1.165, 1.54) is 5.69 Å². The van der Waals surface area contributed by atoms with Gasteiger partial charge in [0.05, 0.1) is 13.7 Å². The molecule has 0 spiro atoms. The number of methoxy groups -OCH3 is 1. The lowest BCUT2D eigenvalue weighted by molar-refractivity contribution is 0.0925. The van der Waals surface area contributed by atoms with Crippen LogP contribution in [0.3, 0.4) is 0 Å². The molecule has 0 bridgehead atoms. The Morgan fingerprint density at radius 1 is 1.00 bits per heavy atom. The van der Waals surface area contributed by atoms with Gasteiger partial charge in [-0.1, -0.05) is 17.7 Å². The zero-order valence-electron chi connectivity index (χ0n) is 15.3. The van der Waals surface area contributed by atoms with Crippen molar-refractivity contribution in [3.05, 3.63) is 59.2 Å². The van der Waals surface area contributed by atoms with Crippen LogP contribution >= 0.6 is 0 Å². The summed E-state index contributed by atoms with van der Waals surface area (Å²) in [5.74, 6) is 1.10. The van der Waals surface area contributed by atoms with Gasteiger partial charge in [0.25, 0.3) is 0 Å². The van der Waals surface area contributed by atoms with E-state index in [0.29, 0.717) is 6.54 Å². The van der Waals surface area contributed by atoms with Crippen LogP contribution in [0, 0.1) is 13.8 Å². The van der Waals surface area contributed by atoms with E-state index in [0.717, 1.165) is 48.6 Å². The highest BCUT2D eigenvalue weighted by atomic mass is 16.5. The molecule has 0 aromatic heterocycles. The van der Waals surface area contributed by atoms with E-state index in [9.17, 15) is 4.79 Å². The zero-order chi connectivity index (χ0) is 17.8. The molecule has 2 aromatic carbocycles. The average Bonchev–Trinajstić information content (AvgIpc) is 2.64. The second kappa shape index (κ2) is 7.70. The number of carbonyl (C=O) groups excluding carboxylic acids is 1. The summed E-state index contributed by atoms with van der Waals surface area (Å²) in [6.07, 6.45) is 0. The molecule has 3 rings (SSSR count). The van der Waals surface area contributed by atoms with Gasteiger partial charge in [-0.2, -0.15) is 0 Å². The highest BCUT2D eigenvalue weighted by Crippen LogP contribution is 2.21. The highest BCUT2D eigenvalue weighted by Gasteiger charge is 2.20. The number of nitrogens with zero attached hydrogens (tertiary/aromatic N) is 2. The van der Waals surface area contributed by atoms with E-state index in [2.05, 4.69) is 28.0 Å². The van der Waals surface area contributed by atoms with E-state index in [-0.39, 0.29) is 5.78 Å². The van der Waals surface area contributed by atoms with Gasteiger partial charge < -0.3 is 9.64 Å².